The first-order valence-electron chi connectivity index (χ1n) is 2.93. The Morgan fingerprint density at radius 1 is 1.55 bits per heavy atom. The maximum Gasteiger partial charge on any atom is 0.218 e. The molecule has 58 valence electrons. The minimum atomic E-state index is 0.571. The van der Waals surface area contributed by atoms with Crippen LogP contribution in [0.5, 0.6) is 0 Å². The molecule has 0 bridgehead atoms. The van der Waals surface area contributed by atoms with E-state index in [0.29, 0.717) is 22.4 Å². The molecule has 1 aromatic rings. The SMILES string of the molecule is C#CCCn1nc(Br)nc1Br. The summed E-state index contributed by atoms with van der Waals surface area (Å²) in [5.41, 5.74) is 0. The molecule has 0 atom stereocenters. The summed E-state index contributed by atoms with van der Waals surface area (Å²) in [6.07, 6.45) is 5.76. The second-order valence-electron chi connectivity index (χ2n) is 1.83. The van der Waals surface area contributed by atoms with Gasteiger partial charge in [-0.2, -0.15) is 4.98 Å². The molecule has 0 saturated carbocycles. The summed E-state index contributed by atoms with van der Waals surface area (Å²) < 4.78 is 2.96. The lowest BCUT2D eigenvalue weighted by atomic mass is 10.4. The minimum Gasteiger partial charge on any atom is -0.238 e. The number of terminal acetylenes is 1. The predicted octanol–water partition coefficient (Wildman–Crippen LogP) is 1.83. The molecule has 0 radical (unpaired) electrons. The highest BCUT2D eigenvalue weighted by Crippen LogP contribution is 2.10. The second kappa shape index (κ2) is 3.88. The summed E-state index contributed by atoms with van der Waals surface area (Å²) in [6.45, 7) is 0.690. The molecule has 0 aliphatic carbocycles. The van der Waals surface area contributed by atoms with E-state index in [9.17, 15) is 0 Å². The highest BCUT2D eigenvalue weighted by molar-refractivity contribution is 9.11. The zero-order valence-corrected chi connectivity index (χ0v) is 8.76. The lowest BCUT2D eigenvalue weighted by molar-refractivity contribution is 0.611. The van der Waals surface area contributed by atoms with Crippen LogP contribution in [0, 0.1) is 12.3 Å². The standard InChI is InChI=1S/C6H5Br2N3/c1-2-3-4-11-6(8)9-5(7)10-11/h1H,3-4H2. The lowest BCUT2D eigenvalue weighted by Crippen LogP contribution is -1.99. The number of halogens is 2. The summed E-state index contributed by atoms with van der Waals surface area (Å²) in [7, 11) is 0. The van der Waals surface area contributed by atoms with Crippen molar-refractivity contribution < 1.29 is 0 Å². The summed E-state index contributed by atoms with van der Waals surface area (Å²) in [4.78, 5) is 3.98. The molecular weight excluding hydrogens is 274 g/mol. The van der Waals surface area contributed by atoms with E-state index in [-0.39, 0.29) is 0 Å². The Morgan fingerprint density at radius 3 is 2.73 bits per heavy atom. The van der Waals surface area contributed by atoms with E-state index in [4.69, 9.17) is 6.42 Å². The first-order chi connectivity index (χ1) is 5.24. The van der Waals surface area contributed by atoms with Crippen LogP contribution in [-0.4, -0.2) is 14.8 Å². The topological polar surface area (TPSA) is 30.7 Å². The number of aryl methyl sites for hydroxylation is 1. The predicted molar refractivity (Wildman–Crippen MR) is 48.9 cm³/mol. The number of nitrogens with zero attached hydrogens (tertiary/aromatic N) is 3. The summed E-state index contributed by atoms with van der Waals surface area (Å²) in [5, 5.41) is 4.03. The molecular formula is C6H5Br2N3. The van der Waals surface area contributed by atoms with Gasteiger partial charge in [-0.3, -0.25) is 0 Å². The van der Waals surface area contributed by atoms with E-state index in [2.05, 4.69) is 47.9 Å². The van der Waals surface area contributed by atoms with Gasteiger partial charge in [0, 0.05) is 6.42 Å². The van der Waals surface area contributed by atoms with Crippen LogP contribution in [0.4, 0.5) is 0 Å². The molecule has 0 saturated heterocycles. The fourth-order valence-electron chi connectivity index (χ4n) is 0.610. The lowest BCUT2D eigenvalue weighted by Gasteiger charge is -1.95. The number of aromatic nitrogens is 3. The zero-order chi connectivity index (χ0) is 8.27. The minimum absolute atomic E-state index is 0.571. The average Bonchev–Trinajstić information content (AvgIpc) is 2.26. The third kappa shape index (κ3) is 2.31. The molecule has 0 N–H and O–H groups in total. The van der Waals surface area contributed by atoms with Gasteiger partial charge in [-0.05, 0) is 31.9 Å². The van der Waals surface area contributed by atoms with Crippen molar-refractivity contribution >= 4 is 31.9 Å². The first-order valence-corrected chi connectivity index (χ1v) is 4.52. The number of hydrogen-bond donors (Lipinski definition) is 0. The third-order valence-electron chi connectivity index (χ3n) is 1.07. The molecule has 0 amide bonds. The van der Waals surface area contributed by atoms with Crippen LogP contribution in [0.15, 0.2) is 9.47 Å². The van der Waals surface area contributed by atoms with E-state index < -0.39 is 0 Å². The van der Waals surface area contributed by atoms with E-state index in [1.165, 1.54) is 0 Å². The largest absolute Gasteiger partial charge is 0.238 e. The Balaban J connectivity index is 2.71. The van der Waals surface area contributed by atoms with Crippen molar-refractivity contribution in [1.29, 1.82) is 0 Å². The summed E-state index contributed by atoms with van der Waals surface area (Å²) in [6, 6.07) is 0. The molecule has 0 spiro atoms. The zero-order valence-electron chi connectivity index (χ0n) is 5.59. The Bertz CT molecular complexity index is 287. The van der Waals surface area contributed by atoms with Crippen LogP contribution >= 0.6 is 31.9 Å². The van der Waals surface area contributed by atoms with E-state index >= 15 is 0 Å². The average molecular weight is 279 g/mol. The third-order valence-corrected chi connectivity index (χ3v) is 1.99. The Labute approximate surface area is 81.5 Å². The molecule has 0 unspecified atom stereocenters. The summed E-state index contributed by atoms with van der Waals surface area (Å²) in [5.74, 6) is 2.53. The summed E-state index contributed by atoms with van der Waals surface area (Å²) >= 11 is 6.39. The van der Waals surface area contributed by atoms with E-state index in [0.717, 1.165) is 0 Å². The van der Waals surface area contributed by atoms with Gasteiger partial charge in [-0.1, -0.05) is 0 Å². The van der Waals surface area contributed by atoms with Gasteiger partial charge in [0.2, 0.25) is 4.73 Å². The monoisotopic (exact) mass is 277 g/mol. The molecule has 0 aliphatic rings. The Kier molecular flexibility index (Phi) is 3.09. The van der Waals surface area contributed by atoms with Crippen LogP contribution in [0.1, 0.15) is 6.42 Å². The highest BCUT2D eigenvalue weighted by atomic mass is 79.9. The molecule has 1 aromatic heterocycles. The quantitative estimate of drug-likeness (QED) is 0.773. The van der Waals surface area contributed by atoms with Crippen molar-refractivity contribution in [3.8, 4) is 12.3 Å². The Hall–Kier alpha value is -0.340. The molecule has 0 fully saturated rings. The molecule has 0 aliphatic heterocycles. The van der Waals surface area contributed by atoms with Gasteiger partial charge in [0.25, 0.3) is 0 Å². The van der Waals surface area contributed by atoms with Gasteiger partial charge < -0.3 is 0 Å². The Morgan fingerprint density at radius 2 is 2.27 bits per heavy atom. The van der Waals surface area contributed by atoms with Gasteiger partial charge in [-0.25, -0.2) is 4.68 Å². The van der Waals surface area contributed by atoms with Crippen molar-refractivity contribution in [3.63, 3.8) is 0 Å². The fourth-order valence-corrected chi connectivity index (χ4v) is 1.63. The van der Waals surface area contributed by atoms with Crippen molar-refractivity contribution in [2.24, 2.45) is 0 Å². The van der Waals surface area contributed by atoms with Gasteiger partial charge in [0.15, 0.2) is 4.73 Å². The molecule has 1 heterocycles. The maximum absolute atomic E-state index is 5.09. The maximum atomic E-state index is 5.09. The smallest absolute Gasteiger partial charge is 0.218 e. The number of rotatable bonds is 2. The van der Waals surface area contributed by atoms with Gasteiger partial charge in [0.05, 0.1) is 6.54 Å². The first kappa shape index (κ1) is 8.75. The number of hydrogen-bond acceptors (Lipinski definition) is 2. The van der Waals surface area contributed by atoms with Crippen molar-refractivity contribution in [2.45, 2.75) is 13.0 Å². The molecule has 11 heavy (non-hydrogen) atoms. The normalized spacial score (nSPS) is 9.55. The van der Waals surface area contributed by atoms with Crippen LogP contribution in [0.25, 0.3) is 0 Å². The van der Waals surface area contributed by atoms with Crippen molar-refractivity contribution in [1.82, 2.24) is 14.8 Å². The van der Waals surface area contributed by atoms with Crippen LogP contribution in [-0.2, 0) is 6.54 Å². The van der Waals surface area contributed by atoms with E-state index in [1.54, 1.807) is 4.68 Å². The van der Waals surface area contributed by atoms with Crippen molar-refractivity contribution in [2.75, 3.05) is 0 Å². The highest BCUT2D eigenvalue weighted by Gasteiger charge is 2.02. The fraction of sp³-hybridized carbons (Fsp3) is 0.333. The molecule has 1 rings (SSSR count). The van der Waals surface area contributed by atoms with Crippen LogP contribution in [0.2, 0.25) is 0 Å². The second-order valence-corrected chi connectivity index (χ2v) is 3.25. The molecule has 3 nitrogen and oxygen atoms in total. The van der Waals surface area contributed by atoms with Crippen molar-refractivity contribution in [3.05, 3.63) is 9.47 Å². The van der Waals surface area contributed by atoms with Gasteiger partial charge in [0.1, 0.15) is 0 Å². The van der Waals surface area contributed by atoms with Crippen LogP contribution in [0.3, 0.4) is 0 Å². The van der Waals surface area contributed by atoms with Crippen LogP contribution < -0.4 is 0 Å². The van der Waals surface area contributed by atoms with Gasteiger partial charge >= 0.3 is 0 Å². The van der Waals surface area contributed by atoms with E-state index in [1.807, 2.05) is 0 Å². The molecule has 0 aromatic carbocycles. The molecule has 5 heteroatoms. The van der Waals surface area contributed by atoms with Gasteiger partial charge in [-0.15, -0.1) is 17.4 Å².